The molecule has 0 bridgehead atoms. The first-order valence-corrected chi connectivity index (χ1v) is 6.91. The average molecular weight is 389 g/mol. The van der Waals surface area contributed by atoms with Crippen molar-refractivity contribution in [3.63, 3.8) is 0 Å². The number of rotatable bonds is 2. The molecule has 140 valence electrons. The van der Waals surface area contributed by atoms with Crippen molar-refractivity contribution in [1.82, 2.24) is 4.57 Å². The van der Waals surface area contributed by atoms with Crippen LogP contribution in [0.15, 0.2) is 29.2 Å². The van der Waals surface area contributed by atoms with Gasteiger partial charge in [0.05, 0.1) is 22.8 Å². The molecule has 0 saturated heterocycles. The van der Waals surface area contributed by atoms with Crippen LogP contribution in [-0.2, 0) is 0 Å². The van der Waals surface area contributed by atoms with Crippen molar-refractivity contribution in [2.75, 3.05) is 0 Å². The highest BCUT2D eigenvalue weighted by atomic mass is 19.2. The molecule has 11 heteroatoms. The normalized spacial score (nSPS) is 11.0. The van der Waals surface area contributed by atoms with E-state index in [-0.39, 0.29) is 6.07 Å². The zero-order valence-corrected chi connectivity index (χ0v) is 12.7. The number of carbonyl (C=O) groups is 1. The second kappa shape index (κ2) is 6.34. The van der Waals surface area contributed by atoms with Crippen molar-refractivity contribution < 1.29 is 41.0 Å². The number of hydrogen-bond donors (Lipinski definition) is 1. The molecule has 3 rings (SSSR count). The predicted octanol–water partition coefficient (Wildman–Crippen LogP) is 3.88. The van der Waals surface area contributed by atoms with E-state index >= 15 is 0 Å². The molecule has 0 aliphatic heterocycles. The average Bonchev–Trinajstić information content (AvgIpc) is 2.60. The lowest BCUT2D eigenvalue weighted by molar-refractivity contribution is 0.144. The van der Waals surface area contributed by atoms with Crippen LogP contribution in [0.4, 0.5) is 31.1 Å². The highest BCUT2D eigenvalue weighted by Crippen LogP contribution is 2.28. The second-order valence-corrected chi connectivity index (χ2v) is 5.14. The summed E-state index contributed by atoms with van der Waals surface area (Å²) in [7, 11) is 0. The summed E-state index contributed by atoms with van der Waals surface area (Å²) in [6, 6.07) is 1.30. The van der Waals surface area contributed by atoms with Gasteiger partial charge >= 0.3 is 6.16 Å². The monoisotopic (exact) mass is 389 g/mol. The highest BCUT2D eigenvalue weighted by molar-refractivity contribution is 5.83. The smallest absolute Gasteiger partial charge is 0.449 e. The van der Waals surface area contributed by atoms with Crippen LogP contribution in [0.5, 0.6) is 5.75 Å². The van der Waals surface area contributed by atoms with Crippen LogP contribution < -0.4 is 10.2 Å². The molecule has 0 radical (unpaired) electrons. The highest BCUT2D eigenvalue weighted by Gasteiger charge is 2.24. The summed E-state index contributed by atoms with van der Waals surface area (Å²) in [5, 5.41) is 7.73. The van der Waals surface area contributed by atoms with E-state index in [1.807, 2.05) is 0 Å². The fraction of sp³-hybridized carbons (Fsp3) is 0. The Bertz CT molecular complexity index is 1170. The van der Waals surface area contributed by atoms with Gasteiger partial charge in [0.1, 0.15) is 0 Å². The number of carboxylic acid groups (broad SMARTS) is 1. The Kier molecular flexibility index (Phi) is 4.30. The van der Waals surface area contributed by atoms with Gasteiger partial charge in [-0.1, -0.05) is 0 Å². The number of fused-ring (bicyclic) bond motifs is 1. The van der Waals surface area contributed by atoms with E-state index in [0.29, 0.717) is 22.9 Å². The molecule has 0 atom stereocenters. The number of aromatic nitrogens is 1. The summed E-state index contributed by atoms with van der Waals surface area (Å²) in [4.78, 5) is 22.9. The van der Waals surface area contributed by atoms with Crippen LogP contribution in [-0.4, -0.2) is 15.8 Å². The number of benzene rings is 2. The summed E-state index contributed by atoms with van der Waals surface area (Å²) in [6.07, 6.45) is -1.57. The fourth-order valence-corrected chi connectivity index (χ4v) is 2.43. The molecule has 0 amide bonds. The minimum Gasteiger partial charge on any atom is -0.449 e. The molecule has 0 fully saturated rings. The third-order valence-electron chi connectivity index (χ3n) is 3.56. The van der Waals surface area contributed by atoms with Gasteiger partial charge in [-0.05, 0) is 18.2 Å². The largest absolute Gasteiger partial charge is 0.511 e. The van der Waals surface area contributed by atoms with Crippen molar-refractivity contribution in [3.05, 3.63) is 69.5 Å². The zero-order valence-electron chi connectivity index (χ0n) is 12.7. The van der Waals surface area contributed by atoms with Gasteiger partial charge in [0.25, 0.3) is 0 Å². The Morgan fingerprint density at radius 3 is 2.19 bits per heavy atom. The molecule has 1 N–H and O–H groups in total. The van der Waals surface area contributed by atoms with Crippen LogP contribution in [0.1, 0.15) is 0 Å². The number of halogens is 6. The zero-order chi connectivity index (χ0) is 20.0. The van der Waals surface area contributed by atoms with Crippen molar-refractivity contribution in [2.24, 2.45) is 0 Å². The van der Waals surface area contributed by atoms with E-state index in [9.17, 15) is 35.9 Å². The molecule has 3 aromatic rings. The first kappa shape index (κ1) is 18.3. The van der Waals surface area contributed by atoms with Crippen LogP contribution in [0.2, 0.25) is 0 Å². The number of pyridine rings is 1. The van der Waals surface area contributed by atoms with Gasteiger partial charge in [-0.25, -0.2) is 31.1 Å². The summed E-state index contributed by atoms with van der Waals surface area (Å²) in [5.41, 5.74) is -3.31. The van der Waals surface area contributed by atoms with Gasteiger partial charge in [-0.3, -0.25) is 4.79 Å². The van der Waals surface area contributed by atoms with E-state index < -0.39 is 68.8 Å². The lowest BCUT2D eigenvalue weighted by atomic mass is 10.1. The number of nitrogens with zero attached hydrogens (tertiary/aromatic N) is 1. The second-order valence-electron chi connectivity index (χ2n) is 5.14. The van der Waals surface area contributed by atoms with Gasteiger partial charge in [0, 0.05) is 0 Å². The van der Waals surface area contributed by atoms with Gasteiger partial charge in [-0.15, -0.1) is 0 Å². The summed E-state index contributed by atoms with van der Waals surface area (Å²) >= 11 is 0. The van der Waals surface area contributed by atoms with Crippen molar-refractivity contribution in [3.8, 4) is 11.4 Å². The Labute approximate surface area is 144 Å². The van der Waals surface area contributed by atoms with Gasteiger partial charge in [-0.2, -0.15) is 0 Å². The predicted molar refractivity (Wildman–Crippen MR) is 77.9 cm³/mol. The number of ether oxygens (including phenoxy) is 1. The Morgan fingerprint density at radius 1 is 0.926 bits per heavy atom. The van der Waals surface area contributed by atoms with E-state index in [1.54, 1.807) is 0 Å². The van der Waals surface area contributed by atoms with E-state index in [0.717, 1.165) is 0 Å². The summed E-state index contributed by atoms with van der Waals surface area (Å²) < 4.78 is 86.7. The molecular formula is C16H5F6NO4. The minimum atomic E-state index is -2.02. The first-order valence-electron chi connectivity index (χ1n) is 6.91. The summed E-state index contributed by atoms with van der Waals surface area (Å²) in [5.74, 6) is -12.2. The van der Waals surface area contributed by atoms with Gasteiger partial charge < -0.3 is 14.4 Å². The Morgan fingerprint density at radius 2 is 1.56 bits per heavy atom. The minimum absolute atomic E-state index is 0.235. The maximum absolute atomic E-state index is 14.3. The lowest BCUT2D eigenvalue weighted by Gasteiger charge is -2.15. The SMILES string of the molecule is O=C(O)Oc1cn(-c2ccc(F)c(F)c2F)c2c(F)c(F)c(F)cc2c1=O. The molecule has 27 heavy (non-hydrogen) atoms. The molecule has 0 unspecified atom stereocenters. The van der Waals surface area contributed by atoms with E-state index in [1.165, 1.54) is 0 Å². The van der Waals surface area contributed by atoms with Gasteiger partial charge in [0.15, 0.2) is 40.7 Å². The van der Waals surface area contributed by atoms with Crippen LogP contribution in [0.25, 0.3) is 16.6 Å². The molecule has 2 aromatic carbocycles. The maximum atomic E-state index is 14.3. The topological polar surface area (TPSA) is 68.5 Å². The lowest BCUT2D eigenvalue weighted by Crippen LogP contribution is -2.18. The molecule has 0 aliphatic rings. The molecule has 5 nitrogen and oxygen atoms in total. The quantitative estimate of drug-likeness (QED) is 0.410. The standard InChI is InChI=1S/C16H5F6NO4/c17-6-1-2-8(12(21)10(6)19)23-4-9(27-16(25)26)15(24)5-3-7(18)11(20)13(22)14(5)23/h1-4H,(H,25,26). The van der Waals surface area contributed by atoms with Crippen LogP contribution >= 0.6 is 0 Å². The molecular weight excluding hydrogens is 384 g/mol. The molecule has 1 heterocycles. The van der Waals surface area contributed by atoms with Crippen molar-refractivity contribution >= 4 is 17.1 Å². The molecule has 1 aromatic heterocycles. The van der Waals surface area contributed by atoms with Crippen molar-refractivity contribution in [1.29, 1.82) is 0 Å². The Balaban J connectivity index is 2.53. The maximum Gasteiger partial charge on any atom is 0.511 e. The van der Waals surface area contributed by atoms with Gasteiger partial charge in [0.2, 0.25) is 5.43 Å². The third kappa shape index (κ3) is 2.86. The van der Waals surface area contributed by atoms with Crippen LogP contribution in [0.3, 0.4) is 0 Å². The van der Waals surface area contributed by atoms with E-state index in [4.69, 9.17) is 5.11 Å². The fourth-order valence-electron chi connectivity index (χ4n) is 2.43. The molecule has 0 spiro atoms. The van der Waals surface area contributed by atoms with Crippen molar-refractivity contribution in [2.45, 2.75) is 0 Å². The number of hydrogen-bond acceptors (Lipinski definition) is 3. The molecule has 0 aliphatic carbocycles. The first-order chi connectivity index (χ1) is 12.6. The third-order valence-corrected chi connectivity index (χ3v) is 3.56. The summed E-state index contributed by atoms with van der Waals surface area (Å²) in [6.45, 7) is 0. The molecule has 0 saturated carbocycles. The van der Waals surface area contributed by atoms with E-state index in [2.05, 4.69) is 4.74 Å². The Hall–Kier alpha value is -3.50. The van der Waals surface area contributed by atoms with Crippen LogP contribution in [0, 0.1) is 34.9 Å².